The number of piperidine rings is 1. The molecule has 1 N–H and O–H groups in total. The van der Waals surface area contributed by atoms with Crippen molar-refractivity contribution in [1.29, 1.82) is 0 Å². The van der Waals surface area contributed by atoms with E-state index in [9.17, 15) is 0 Å². The summed E-state index contributed by atoms with van der Waals surface area (Å²) in [5.74, 6) is 0. The van der Waals surface area contributed by atoms with Crippen LogP contribution in [0.2, 0.25) is 0 Å². The molecule has 0 aromatic carbocycles. The molecule has 2 unspecified atom stereocenters. The van der Waals surface area contributed by atoms with Crippen molar-refractivity contribution in [2.45, 2.75) is 45.2 Å². The highest BCUT2D eigenvalue weighted by Gasteiger charge is 2.46. The Labute approximate surface area is 81.7 Å². The molecule has 1 heterocycles. The molecule has 2 fully saturated rings. The third-order valence-electron chi connectivity index (χ3n) is 3.57. The van der Waals surface area contributed by atoms with Crippen LogP contribution < -0.4 is 5.32 Å². The molecule has 0 aromatic rings. The van der Waals surface area contributed by atoms with E-state index in [0.29, 0.717) is 5.41 Å². The van der Waals surface area contributed by atoms with Gasteiger partial charge in [-0.25, -0.2) is 0 Å². The topological polar surface area (TPSA) is 15.3 Å². The van der Waals surface area contributed by atoms with Crippen molar-refractivity contribution in [3.05, 3.63) is 0 Å². The minimum atomic E-state index is 0.579. The second-order valence-electron chi connectivity index (χ2n) is 5.51. The number of hydrogen-bond donors (Lipinski definition) is 1. The van der Waals surface area contributed by atoms with Gasteiger partial charge in [0.2, 0.25) is 0 Å². The van der Waals surface area contributed by atoms with E-state index < -0.39 is 0 Å². The van der Waals surface area contributed by atoms with Gasteiger partial charge in [0, 0.05) is 18.6 Å². The van der Waals surface area contributed by atoms with Crippen LogP contribution in [0.1, 0.15) is 33.1 Å². The summed E-state index contributed by atoms with van der Waals surface area (Å²) in [6, 6.07) is 1.55. The Hall–Kier alpha value is -0.0800. The van der Waals surface area contributed by atoms with Crippen LogP contribution in [0, 0.1) is 5.41 Å². The van der Waals surface area contributed by atoms with Gasteiger partial charge >= 0.3 is 0 Å². The lowest BCUT2D eigenvalue weighted by Crippen LogP contribution is -2.45. The summed E-state index contributed by atoms with van der Waals surface area (Å²) >= 11 is 0. The van der Waals surface area contributed by atoms with Gasteiger partial charge in [-0.3, -0.25) is 0 Å². The number of hydrogen-bond acceptors (Lipinski definition) is 2. The lowest BCUT2D eigenvalue weighted by molar-refractivity contribution is 0.222. The van der Waals surface area contributed by atoms with E-state index in [1.165, 1.54) is 32.4 Å². The lowest BCUT2D eigenvalue weighted by Gasteiger charge is -2.30. The predicted octanol–water partition coefficient (Wildman–Crippen LogP) is 1.47. The summed E-state index contributed by atoms with van der Waals surface area (Å²) < 4.78 is 0. The van der Waals surface area contributed by atoms with E-state index in [0.717, 1.165) is 12.1 Å². The Kier molecular flexibility index (Phi) is 2.37. The Morgan fingerprint density at radius 3 is 2.62 bits per heavy atom. The molecule has 0 aromatic heterocycles. The smallest absolute Gasteiger partial charge is 0.0198 e. The molecule has 13 heavy (non-hydrogen) atoms. The van der Waals surface area contributed by atoms with Gasteiger partial charge in [0.1, 0.15) is 0 Å². The van der Waals surface area contributed by atoms with Gasteiger partial charge in [0.15, 0.2) is 0 Å². The highest BCUT2D eigenvalue weighted by Crippen LogP contribution is 2.45. The fourth-order valence-electron chi connectivity index (χ4n) is 2.34. The van der Waals surface area contributed by atoms with E-state index in [1.807, 2.05) is 0 Å². The minimum Gasteiger partial charge on any atom is -0.309 e. The van der Waals surface area contributed by atoms with Gasteiger partial charge in [-0.2, -0.15) is 0 Å². The van der Waals surface area contributed by atoms with E-state index in [2.05, 4.69) is 31.1 Å². The van der Waals surface area contributed by atoms with Crippen LogP contribution >= 0.6 is 0 Å². The number of rotatable bonds is 2. The average Bonchev–Trinajstić information content (AvgIpc) is 2.58. The van der Waals surface area contributed by atoms with Crippen LogP contribution in [0.15, 0.2) is 0 Å². The van der Waals surface area contributed by atoms with Gasteiger partial charge in [0.25, 0.3) is 0 Å². The van der Waals surface area contributed by atoms with Crippen molar-refractivity contribution >= 4 is 0 Å². The van der Waals surface area contributed by atoms with Gasteiger partial charge in [0.05, 0.1) is 0 Å². The molecule has 0 amide bonds. The van der Waals surface area contributed by atoms with Crippen molar-refractivity contribution in [3.8, 4) is 0 Å². The lowest BCUT2D eigenvalue weighted by atomic mass is 10.1. The maximum Gasteiger partial charge on any atom is 0.0198 e. The molecule has 2 rings (SSSR count). The largest absolute Gasteiger partial charge is 0.309 e. The highest BCUT2D eigenvalue weighted by atomic mass is 15.2. The van der Waals surface area contributed by atoms with E-state index in [4.69, 9.17) is 0 Å². The highest BCUT2D eigenvalue weighted by molar-refractivity contribution is 5.03. The molecule has 76 valence electrons. The van der Waals surface area contributed by atoms with Crippen LogP contribution in [0.25, 0.3) is 0 Å². The molecule has 0 radical (unpaired) electrons. The van der Waals surface area contributed by atoms with Crippen molar-refractivity contribution in [3.63, 3.8) is 0 Å². The zero-order chi connectivity index (χ0) is 9.47. The molecule has 1 aliphatic carbocycles. The third-order valence-corrected chi connectivity index (χ3v) is 3.57. The Morgan fingerprint density at radius 2 is 2.08 bits per heavy atom. The summed E-state index contributed by atoms with van der Waals surface area (Å²) in [4.78, 5) is 2.44. The standard InChI is InChI=1S/C11H22N2/c1-11(2)7-10(11)12-9-5-4-6-13(3)8-9/h9-10,12H,4-8H2,1-3H3. The number of nitrogens with zero attached hydrogens (tertiary/aromatic N) is 1. The second kappa shape index (κ2) is 3.25. The molecule has 1 aliphatic heterocycles. The molecule has 2 nitrogen and oxygen atoms in total. The third kappa shape index (κ3) is 2.23. The van der Waals surface area contributed by atoms with Gasteiger partial charge in [-0.15, -0.1) is 0 Å². The SMILES string of the molecule is CN1CCCC(NC2CC2(C)C)C1. The summed E-state index contributed by atoms with van der Waals surface area (Å²) in [6.07, 6.45) is 4.10. The van der Waals surface area contributed by atoms with Crippen LogP contribution in [0.5, 0.6) is 0 Å². The average molecular weight is 182 g/mol. The van der Waals surface area contributed by atoms with Crippen molar-refractivity contribution in [2.24, 2.45) is 5.41 Å². The molecule has 0 spiro atoms. The summed E-state index contributed by atoms with van der Waals surface area (Å²) in [5.41, 5.74) is 0.579. The maximum atomic E-state index is 3.77. The zero-order valence-electron chi connectivity index (χ0n) is 9.14. The monoisotopic (exact) mass is 182 g/mol. The molecule has 2 heteroatoms. The van der Waals surface area contributed by atoms with Crippen LogP contribution in [-0.4, -0.2) is 37.1 Å². The van der Waals surface area contributed by atoms with Crippen molar-refractivity contribution in [2.75, 3.05) is 20.1 Å². The first kappa shape index (κ1) is 9.47. The molecule has 2 aliphatic rings. The van der Waals surface area contributed by atoms with Gasteiger partial charge < -0.3 is 10.2 Å². The first-order valence-electron chi connectivity index (χ1n) is 5.52. The zero-order valence-corrected chi connectivity index (χ0v) is 9.14. The van der Waals surface area contributed by atoms with E-state index in [-0.39, 0.29) is 0 Å². The molecule has 2 atom stereocenters. The van der Waals surface area contributed by atoms with Crippen LogP contribution in [0.4, 0.5) is 0 Å². The summed E-state index contributed by atoms with van der Waals surface area (Å²) in [7, 11) is 2.23. The predicted molar refractivity (Wildman–Crippen MR) is 55.8 cm³/mol. The van der Waals surface area contributed by atoms with E-state index in [1.54, 1.807) is 0 Å². The molecular weight excluding hydrogens is 160 g/mol. The molecule has 1 saturated carbocycles. The minimum absolute atomic E-state index is 0.579. The van der Waals surface area contributed by atoms with Crippen LogP contribution in [-0.2, 0) is 0 Å². The maximum absolute atomic E-state index is 3.77. The fourth-order valence-corrected chi connectivity index (χ4v) is 2.34. The summed E-state index contributed by atoms with van der Waals surface area (Å²) in [5, 5.41) is 3.77. The first-order chi connectivity index (χ1) is 6.08. The quantitative estimate of drug-likeness (QED) is 0.695. The second-order valence-corrected chi connectivity index (χ2v) is 5.51. The fraction of sp³-hybridized carbons (Fsp3) is 1.00. The molecule has 1 saturated heterocycles. The number of likely N-dealkylation sites (tertiary alicyclic amines) is 1. The molecular formula is C11H22N2. The van der Waals surface area contributed by atoms with Gasteiger partial charge in [-0.05, 0) is 38.3 Å². The van der Waals surface area contributed by atoms with Crippen molar-refractivity contribution in [1.82, 2.24) is 10.2 Å². The molecule has 0 bridgehead atoms. The summed E-state index contributed by atoms with van der Waals surface area (Å²) in [6.45, 7) is 7.24. The normalized spacial score (nSPS) is 39.0. The Bertz CT molecular complexity index is 189. The Morgan fingerprint density at radius 1 is 1.38 bits per heavy atom. The van der Waals surface area contributed by atoms with Crippen molar-refractivity contribution < 1.29 is 0 Å². The van der Waals surface area contributed by atoms with Crippen LogP contribution in [0.3, 0.4) is 0 Å². The van der Waals surface area contributed by atoms with E-state index >= 15 is 0 Å². The Balaban J connectivity index is 1.76. The first-order valence-corrected chi connectivity index (χ1v) is 5.52. The van der Waals surface area contributed by atoms with Gasteiger partial charge in [-0.1, -0.05) is 13.8 Å². The number of nitrogens with one attached hydrogen (secondary N) is 1. The number of likely N-dealkylation sites (N-methyl/N-ethyl adjacent to an activating group) is 1.